The summed E-state index contributed by atoms with van der Waals surface area (Å²) in [4.78, 5) is 28.5. The van der Waals surface area contributed by atoms with Crippen molar-refractivity contribution in [1.29, 1.82) is 0 Å². The molecule has 3 rings (SSSR count). The number of benzene rings is 2. The maximum absolute atomic E-state index is 12.6. The molecule has 0 aliphatic carbocycles. The van der Waals surface area contributed by atoms with Gasteiger partial charge in [0.15, 0.2) is 11.5 Å². The van der Waals surface area contributed by atoms with Crippen LogP contribution in [0, 0.1) is 0 Å². The minimum Gasteiger partial charge on any atom is -0.504 e. The third-order valence-corrected chi connectivity index (χ3v) is 5.26. The van der Waals surface area contributed by atoms with Crippen molar-refractivity contribution in [2.75, 3.05) is 6.61 Å². The second kappa shape index (κ2) is 9.56. The summed E-state index contributed by atoms with van der Waals surface area (Å²) in [6.07, 6.45) is -5.17. The molecule has 168 valence electrons. The highest BCUT2D eigenvalue weighted by atomic mass is 79.9. The van der Waals surface area contributed by atoms with Crippen LogP contribution in [0.5, 0.6) is 11.5 Å². The first-order valence-electron chi connectivity index (χ1n) is 9.47. The van der Waals surface area contributed by atoms with Crippen LogP contribution in [-0.2, 0) is 9.53 Å². The Morgan fingerprint density at radius 2 is 1.78 bits per heavy atom. The first-order valence-corrected chi connectivity index (χ1v) is 10.3. The van der Waals surface area contributed by atoms with Crippen molar-refractivity contribution in [1.82, 2.24) is 4.98 Å². The molecule has 0 aliphatic heterocycles. The van der Waals surface area contributed by atoms with Gasteiger partial charge in [-0.25, -0.2) is 4.98 Å². The smallest absolute Gasteiger partial charge is 0.504 e. The second-order valence-electron chi connectivity index (χ2n) is 6.63. The van der Waals surface area contributed by atoms with Crippen molar-refractivity contribution in [3.05, 3.63) is 52.6 Å². The van der Waals surface area contributed by atoms with Gasteiger partial charge in [-0.1, -0.05) is 30.3 Å². The number of carbonyl (C=O) groups excluding carboxylic acids is 2. The highest BCUT2D eigenvalue weighted by Crippen LogP contribution is 2.38. The number of halogens is 4. The molecule has 10 heteroatoms. The van der Waals surface area contributed by atoms with Crippen LogP contribution < -0.4 is 4.74 Å². The molecule has 32 heavy (non-hydrogen) atoms. The summed E-state index contributed by atoms with van der Waals surface area (Å²) in [6.45, 7) is 1.84. The van der Waals surface area contributed by atoms with Gasteiger partial charge in [-0.3, -0.25) is 9.59 Å². The van der Waals surface area contributed by atoms with Crippen LogP contribution in [0.25, 0.3) is 22.0 Å². The molecule has 1 aromatic heterocycles. The lowest BCUT2D eigenvalue weighted by molar-refractivity contribution is -0.274. The quantitative estimate of drug-likeness (QED) is 0.319. The number of hydrogen-bond donors (Lipinski definition) is 1. The highest BCUT2D eigenvalue weighted by molar-refractivity contribution is 9.10. The van der Waals surface area contributed by atoms with E-state index < -0.39 is 18.1 Å². The second-order valence-corrected chi connectivity index (χ2v) is 7.42. The Bertz CT molecular complexity index is 1160. The van der Waals surface area contributed by atoms with Crippen molar-refractivity contribution in [2.45, 2.75) is 26.1 Å². The van der Waals surface area contributed by atoms with E-state index >= 15 is 0 Å². The minimum absolute atomic E-state index is 0.161. The standard InChI is InChI=1S/C22H17BrF3NO5/c1-2-31-17(29)11-10-16(28)20-21(30)18(23)15-5-3-4-14(19(15)27-20)12-6-8-13(9-7-12)32-22(24,25)26/h3-9,30H,2,10-11H2,1H3. The SMILES string of the molecule is CCOC(=O)CCC(=O)c1nc2c(-c3ccc(OC(F)(F)F)cc3)cccc2c(Br)c1O. The number of esters is 1. The fourth-order valence-corrected chi connectivity index (χ4v) is 3.58. The summed E-state index contributed by atoms with van der Waals surface area (Å²) in [6, 6.07) is 10.2. The van der Waals surface area contributed by atoms with Gasteiger partial charge in [-0.2, -0.15) is 0 Å². The Kier molecular flexibility index (Phi) is 7.02. The lowest BCUT2D eigenvalue weighted by Crippen LogP contribution is -2.16. The van der Waals surface area contributed by atoms with Gasteiger partial charge in [0, 0.05) is 17.4 Å². The average Bonchev–Trinajstić information content (AvgIpc) is 2.74. The number of alkyl halides is 3. The van der Waals surface area contributed by atoms with Gasteiger partial charge in [0.25, 0.3) is 0 Å². The predicted molar refractivity (Wildman–Crippen MR) is 113 cm³/mol. The summed E-state index contributed by atoms with van der Waals surface area (Å²) >= 11 is 3.28. The molecule has 0 saturated carbocycles. The largest absolute Gasteiger partial charge is 0.573 e. The maximum atomic E-state index is 12.6. The van der Waals surface area contributed by atoms with E-state index in [-0.39, 0.29) is 41.1 Å². The molecule has 0 atom stereocenters. The average molecular weight is 512 g/mol. The van der Waals surface area contributed by atoms with Crippen LogP contribution in [-0.4, -0.2) is 34.8 Å². The number of para-hydroxylation sites is 1. The van der Waals surface area contributed by atoms with E-state index in [1.807, 2.05) is 0 Å². The summed E-state index contributed by atoms with van der Waals surface area (Å²) < 4.78 is 46.2. The number of nitrogens with zero attached hydrogens (tertiary/aromatic N) is 1. The predicted octanol–water partition coefficient (Wildman–Crippen LogP) is 5.79. The Morgan fingerprint density at radius 3 is 2.41 bits per heavy atom. The topological polar surface area (TPSA) is 85.7 Å². The molecule has 0 aliphatic rings. The van der Waals surface area contributed by atoms with E-state index in [1.54, 1.807) is 25.1 Å². The van der Waals surface area contributed by atoms with Gasteiger partial charge < -0.3 is 14.6 Å². The van der Waals surface area contributed by atoms with Gasteiger partial charge in [-0.05, 0) is 40.5 Å². The van der Waals surface area contributed by atoms with Crippen LogP contribution in [0.15, 0.2) is 46.9 Å². The molecule has 0 saturated heterocycles. The molecular weight excluding hydrogens is 495 g/mol. The number of ketones is 1. The van der Waals surface area contributed by atoms with Gasteiger partial charge in [0.05, 0.1) is 23.0 Å². The number of aromatic nitrogens is 1. The molecule has 0 amide bonds. The molecule has 0 fully saturated rings. The number of Topliss-reactive ketones (excluding diaryl/α,β-unsaturated/α-hetero) is 1. The summed E-state index contributed by atoms with van der Waals surface area (Å²) in [5, 5.41) is 11.0. The van der Waals surface area contributed by atoms with Crippen molar-refractivity contribution < 1.29 is 37.3 Å². The van der Waals surface area contributed by atoms with E-state index in [4.69, 9.17) is 4.74 Å². The van der Waals surface area contributed by atoms with Crippen molar-refractivity contribution in [2.24, 2.45) is 0 Å². The normalized spacial score (nSPS) is 11.4. The van der Waals surface area contributed by atoms with E-state index in [1.165, 1.54) is 24.3 Å². The van der Waals surface area contributed by atoms with Crippen molar-refractivity contribution >= 4 is 38.6 Å². The number of pyridine rings is 1. The highest BCUT2D eigenvalue weighted by Gasteiger charge is 2.31. The van der Waals surface area contributed by atoms with Gasteiger partial charge >= 0.3 is 12.3 Å². The van der Waals surface area contributed by atoms with Crippen LogP contribution >= 0.6 is 15.9 Å². The van der Waals surface area contributed by atoms with Crippen LogP contribution in [0.1, 0.15) is 30.3 Å². The Balaban J connectivity index is 2.00. The molecule has 3 aromatic rings. The first kappa shape index (κ1) is 23.5. The molecule has 0 spiro atoms. The number of ether oxygens (including phenoxy) is 2. The minimum atomic E-state index is -4.80. The lowest BCUT2D eigenvalue weighted by atomic mass is 10.0. The summed E-state index contributed by atoms with van der Waals surface area (Å²) in [5.41, 5.74) is 1.18. The molecule has 2 aromatic carbocycles. The fourth-order valence-electron chi connectivity index (χ4n) is 3.07. The molecular formula is C22H17BrF3NO5. The number of aromatic hydroxyl groups is 1. The Morgan fingerprint density at radius 1 is 1.09 bits per heavy atom. The monoisotopic (exact) mass is 511 g/mol. The van der Waals surface area contributed by atoms with Crippen molar-refractivity contribution in [3.63, 3.8) is 0 Å². The fraction of sp³-hybridized carbons (Fsp3) is 0.227. The van der Waals surface area contributed by atoms with E-state index in [0.29, 0.717) is 22.0 Å². The van der Waals surface area contributed by atoms with Gasteiger partial charge in [0.1, 0.15) is 11.4 Å². The van der Waals surface area contributed by atoms with Crippen molar-refractivity contribution in [3.8, 4) is 22.6 Å². The van der Waals surface area contributed by atoms with E-state index in [0.717, 1.165) is 0 Å². The van der Waals surface area contributed by atoms with Crippen LogP contribution in [0.2, 0.25) is 0 Å². The van der Waals surface area contributed by atoms with Gasteiger partial charge in [-0.15, -0.1) is 13.2 Å². The summed E-state index contributed by atoms with van der Waals surface area (Å²) in [7, 11) is 0. The zero-order valence-corrected chi connectivity index (χ0v) is 18.3. The number of rotatable bonds is 7. The maximum Gasteiger partial charge on any atom is 0.573 e. The van der Waals surface area contributed by atoms with E-state index in [9.17, 15) is 27.9 Å². The zero-order chi connectivity index (χ0) is 23.5. The Hall–Kier alpha value is -3.14. The number of hydrogen-bond acceptors (Lipinski definition) is 6. The third-order valence-electron chi connectivity index (χ3n) is 4.45. The number of fused-ring (bicyclic) bond motifs is 1. The molecule has 0 radical (unpaired) electrons. The summed E-state index contributed by atoms with van der Waals surface area (Å²) in [5.74, 6) is -1.83. The van der Waals surface area contributed by atoms with Crippen LogP contribution in [0.3, 0.4) is 0 Å². The van der Waals surface area contributed by atoms with Crippen LogP contribution in [0.4, 0.5) is 13.2 Å². The molecule has 1 heterocycles. The lowest BCUT2D eigenvalue weighted by Gasteiger charge is -2.13. The molecule has 1 N–H and O–H groups in total. The van der Waals surface area contributed by atoms with E-state index in [2.05, 4.69) is 25.7 Å². The molecule has 0 bridgehead atoms. The Labute approximate surface area is 189 Å². The first-order chi connectivity index (χ1) is 15.1. The number of carbonyl (C=O) groups is 2. The third kappa shape index (κ3) is 5.37. The van der Waals surface area contributed by atoms with Gasteiger partial charge in [0.2, 0.25) is 0 Å². The molecule has 6 nitrogen and oxygen atoms in total. The molecule has 0 unspecified atom stereocenters. The zero-order valence-electron chi connectivity index (χ0n) is 16.7.